The van der Waals surface area contributed by atoms with Gasteiger partial charge in [-0.25, -0.2) is 9.97 Å². The predicted molar refractivity (Wildman–Crippen MR) is 149 cm³/mol. The Labute approximate surface area is 218 Å². The fourth-order valence-corrected chi connectivity index (χ4v) is 5.41. The van der Waals surface area contributed by atoms with Crippen molar-refractivity contribution in [3.8, 4) is 0 Å². The Morgan fingerprint density at radius 2 is 1.86 bits per heavy atom. The van der Waals surface area contributed by atoms with E-state index in [4.69, 9.17) is 4.98 Å². The molecule has 37 heavy (non-hydrogen) atoms. The Kier molecular flexibility index (Phi) is 6.13. The number of fused-ring (bicyclic) bond motifs is 2. The summed E-state index contributed by atoms with van der Waals surface area (Å²) in [4.78, 5) is 29.2. The normalized spacial score (nSPS) is 14.9. The highest BCUT2D eigenvalue weighted by Crippen LogP contribution is 2.34. The fourth-order valence-electron chi connectivity index (χ4n) is 5.03. The highest BCUT2D eigenvalue weighted by Gasteiger charge is 2.23. The summed E-state index contributed by atoms with van der Waals surface area (Å²) in [5, 5.41) is 20.5. The van der Waals surface area contributed by atoms with Crippen LogP contribution < -0.4 is 20.4 Å². The van der Waals surface area contributed by atoms with Crippen LogP contribution in [0.1, 0.15) is 5.56 Å². The molecule has 4 aromatic rings. The molecule has 0 amide bonds. The zero-order valence-electron chi connectivity index (χ0n) is 20.3. The largest absolute Gasteiger partial charge is 0.384 e. The second kappa shape index (κ2) is 9.74. The van der Waals surface area contributed by atoms with Gasteiger partial charge in [0.15, 0.2) is 5.16 Å². The molecule has 11 heteroatoms. The molecule has 10 nitrogen and oxygen atoms in total. The van der Waals surface area contributed by atoms with Crippen molar-refractivity contribution in [2.24, 2.45) is 0 Å². The minimum absolute atomic E-state index is 0.0794. The molecule has 0 radical (unpaired) electrons. The third kappa shape index (κ3) is 4.57. The van der Waals surface area contributed by atoms with Crippen LogP contribution in [0.5, 0.6) is 0 Å². The summed E-state index contributed by atoms with van der Waals surface area (Å²) in [6, 6.07) is 13.6. The molecule has 0 unspecified atom stereocenters. The molecule has 1 saturated heterocycles. The average Bonchev–Trinajstić information content (AvgIpc) is 3.40. The van der Waals surface area contributed by atoms with Crippen LogP contribution in [0.3, 0.4) is 0 Å². The maximum Gasteiger partial charge on any atom is 0.278 e. The Morgan fingerprint density at radius 3 is 2.68 bits per heavy atom. The van der Waals surface area contributed by atoms with Crippen LogP contribution in [0, 0.1) is 10.1 Å². The number of nitrogens with zero attached hydrogens (tertiary/aromatic N) is 6. The number of anilines is 5. The number of nitro benzene ring substituents is 1. The molecular formula is C26H26N8O2S. The SMILES string of the molecule is CSc1nc(Nc2ccc3c(c2)CCN3)cc(N2CCN(c3ccc([N+](=O)[O-])c4cnccc34)CC2)n1. The molecule has 2 aromatic carbocycles. The first-order valence-electron chi connectivity index (χ1n) is 12.2. The van der Waals surface area contributed by atoms with Crippen molar-refractivity contribution in [2.75, 3.05) is 59.4 Å². The summed E-state index contributed by atoms with van der Waals surface area (Å²) >= 11 is 1.52. The van der Waals surface area contributed by atoms with Gasteiger partial charge in [-0.2, -0.15) is 0 Å². The van der Waals surface area contributed by atoms with Gasteiger partial charge in [0.2, 0.25) is 0 Å². The lowest BCUT2D eigenvalue weighted by molar-refractivity contribution is -0.383. The minimum atomic E-state index is -0.352. The van der Waals surface area contributed by atoms with E-state index in [9.17, 15) is 10.1 Å². The van der Waals surface area contributed by atoms with Gasteiger partial charge >= 0.3 is 0 Å². The van der Waals surface area contributed by atoms with Crippen LogP contribution in [0.2, 0.25) is 0 Å². The zero-order chi connectivity index (χ0) is 25.4. The number of thioether (sulfide) groups is 1. The number of nitro groups is 1. The summed E-state index contributed by atoms with van der Waals surface area (Å²) < 4.78 is 0. The number of nitrogens with one attached hydrogen (secondary N) is 2. The summed E-state index contributed by atoms with van der Waals surface area (Å²) in [7, 11) is 0. The Morgan fingerprint density at radius 1 is 1.03 bits per heavy atom. The van der Waals surface area contributed by atoms with Gasteiger partial charge in [0.1, 0.15) is 11.6 Å². The summed E-state index contributed by atoms with van der Waals surface area (Å²) in [5.74, 6) is 1.67. The molecule has 2 aliphatic rings. The molecule has 0 bridgehead atoms. The quantitative estimate of drug-likeness (QED) is 0.163. The molecule has 6 rings (SSSR count). The van der Waals surface area contributed by atoms with Crippen LogP contribution >= 0.6 is 11.8 Å². The third-order valence-electron chi connectivity index (χ3n) is 6.88. The second-order valence-electron chi connectivity index (χ2n) is 9.03. The monoisotopic (exact) mass is 514 g/mol. The van der Waals surface area contributed by atoms with Gasteiger partial charge in [-0.3, -0.25) is 15.1 Å². The number of hydrogen-bond donors (Lipinski definition) is 2. The Bertz CT molecular complexity index is 1490. The van der Waals surface area contributed by atoms with Crippen molar-refractivity contribution < 1.29 is 4.92 Å². The lowest BCUT2D eigenvalue weighted by Crippen LogP contribution is -2.47. The van der Waals surface area contributed by atoms with Gasteiger partial charge in [-0.1, -0.05) is 11.8 Å². The van der Waals surface area contributed by atoms with E-state index in [-0.39, 0.29) is 10.6 Å². The molecule has 1 fully saturated rings. The van der Waals surface area contributed by atoms with E-state index >= 15 is 0 Å². The van der Waals surface area contributed by atoms with Crippen molar-refractivity contribution in [1.82, 2.24) is 15.0 Å². The number of rotatable bonds is 6. The number of benzene rings is 2. The van der Waals surface area contributed by atoms with Crippen molar-refractivity contribution in [3.63, 3.8) is 0 Å². The first kappa shape index (κ1) is 23.3. The van der Waals surface area contributed by atoms with E-state index in [1.54, 1.807) is 18.5 Å². The molecule has 0 saturated carbocycles. The molecule has 2 N–H and O–H groups in total. The van der Waals surface area contributed by atoms with Crippen molar-refractivity contribution >= 4 is 56.9 Å². The summed E-state index contributed by atoms with van der Waals surface area (Å²) in [6.07, 6.45) is 6.27. The van der Waals surface area contributed by atoms with E-state index in [0.29, 0.717) is 5.39 Å². The van der Waals surface area contributed by atoms with Gasteiger partial charge in [0, 0.05) is 79.7 Å². The fraction of sp³-hybridized carbons (Fsp3) is 0.269. The van der Waals surface area contributed by atoms with Crippen LogP contribution in [0.4, 0.5) is 34.4 Å². The number of non-ortho nitro benzene ring substituents is 1. The maximum atomic E-state index is 11.5. The first-order valence-corrected chi connectivity index (χ1v) is 13.4. The number of piperazine rings is 1. The van der Waals surface area contributed by atoms with Gasteiger partial charge in [0.25, 0.3) is 5.69 Å². The highest BCUT2D eigenvalue weighted by molar-refractivity contribution is 7.98. The smallest absolute Gasteiger partial charge is 0.278 e. The zero-order valence-corrected chi connectivity index (χ0v) is 21.2. The topological polar surface area (TPSA) is 112 Å². The highest BCUT2D eigenvalue weighted by atomic mass is 32.2. The van der Waals surface area contributed by atoms with Crippen molar-refractivity contribution in [1.29, 1.82) is 0 Å². The van der Waals surface area contributed by atoms with E-state index in [0.717, 1.165) is 72.7 Å². The number of aromatic nitrogens is 3. The Balaban J connectivity index is 1.21. The molecule has 4 heterocycles. The molecule has 0 spiro atoms. The van der Waals surface area contributed by atoms with Crippen molar-refractivity contribution in [2.45, 2.75) is 11.6 Å². The summed E-state index contributed by atoms with van der Waals surface area (Å²) in [5.41, 5.74) is 4.60. The molecule has 2 aromatic heterocycles. The van der Waals surface area contributed by atoms with Gasteiger partial charge in [-0.05, 0) is 48.6 Å². The van der Waals surface area contributed by atoms with Gasteiger partial charge in [-0.15, -0.1) is 0 Å². The van der Waals surface area contributed by atoms with Crippen LogP contribution in [0.25, 0.3) is 10.8 Å². The van der Waals surface area contributed by atoms with E-state index in [1.165, 1.54) is 23.0 Å². The molecule has 188 valence electrons. The van der Waals surface area contributed by atoms with Gasteiger partial charge < -0.3 is 20.4 Å². The van der Waals surface area contributed by atoms with E-state index < -0.39 is 0 Å². The average molecular weight is 515 g/mol. The van der Waals surface area contributed by atoms with Crippen LogP contribution in [-0.4, -0.2) is 58.9 Å². The van der Waals surface area contributed by atoms with Crippen LogP contribution in [0.15, 0.2) is 60.0 Å². The summed E-state index contributed by atoms with van der Waals surface area (Å²) in [6.45, 7) is 4.07. The van der Waals surface area contributed by atoms with Crippen molar-refractivity contribution in [3.05, 3.63) is 70.5 Å². The first-order chi connectivity index (χ1) is 18.1. The predicted octanol–water partition coefficient (Wildman–Crippen LogP) is 4.69. The molecule has 0 atom stereocenters. The van der Waals surface area contributed by atoms with E-state index in [2.05, 4.69) is 48.6 Å². The maximum absolute atomic E-state index is 11.5. The third-order valence-corrected chi connectivity index (χ3v) is 7.42. The lowest BCUT2D eigenvalue weighted by Gasteiger charge is -2.37. The molecular weight excluding hydrogens is 488 g/mol. The van der Waals surface area contributed by atoms with Gasteiger partial charge in [0.05, 0.1) is 10.3 Å². The second-order valence-corrected chi connectivity index (χ2v) is 9.80. The standard InChI is InChI=1S/C26H26N8O2S/c1-37-26-30-24(29-18-2-3-21-17(14-18)6-9-28-21)15-25(31-26)33-12-10-32(11-13-33)22-4-5-23(34(35)36)20-16-27-8-7-19(20)22/h2-5,7-8,14-16,28H,6,9-13H2,1H3,(H,29,30,31). The molecule has 2 aliphatic heterocycles. The number of pyridine rings is 1. The number of hydrogen-bond acceptors (Lipinski definition) is 10. The minimum Gasteiger partial charge on any atom is -0.384 e. The molecule has 0 aliphatic carbocycles. The van der Waals surface area contributed by atoms with Crippen LogP contribution in [-0.2, 0) is 6.42 Å². The van der Waals surface area contributed by atoms with E-state index in [1.807, 2.05) is 24.5 Å². The Hall–Kier alpha value is -4.12. The lowest BCUT2D eigenvalue weighted by atomic mass is 10.1.